The second-order valence-corrected chi connectivity index (χ2v) is 10.8. The highest BCUT2D eigenvalue weighted by atomic mass is 16.4. The summed E-state index contributed by atoms with van der Waals surface area (Å²) in [5.41, 5.74) is 1.71. The molecule has 38 heavy (non-hydrogen) atoms. The molecular formula is C28H30N2O8. The Hall–Kier alpha value is -3.57. The zero-order valence-electron chi connectivity index (χ0n) is 21.1. The second kappa shape index (κ2) is 8.47. The number of ketones is 2. The number of aliphatic hydroxyl groups is 4. The molecule has 0 saturated heterocycles. The summed E-state index contributed by atoms with van der Waals surface area (Å²) in [6, 6.07) is 10.7. The smallest absolute Gasteiger partial charge is 0.230 e. The van der Waals surface area contributed by atoms with Crippen molar-refractivity contribution in [3.8, 4) is 16.9 Å². The minimum absolute atomic E-state index is 0.171. The lowest BCUT2D eigenvalue weighted by Crippen LogP contribution is -2.74. The van der Waals surface area contributed by atoms with Crippen molar-refractivity contribution in [2.24, 2.45) is 23.5 Å². The quantitative estimate of drug-likeness (QED) is 0.312. The number of aromatic hydroxyl groups is 1. The Morgan fingerprint density at radius 2 is 1.68 bits per heavy atom. The van der Waals surface area contributed by atoms with E-state index in [1.807, 2.05) is 6.07 Å². The van der Waals surface area contributed by atoms with E-state index in [1.165, 1.54) is 32.0 Å². The van der Waals surface area contributed by atoms with Gasteiger partial charge in [0.05, 0.1) is 17.2 Å². The number of carbonyl (C=O) groups is 3. The Balaban J connectivity index is 1.79. The molecule has 2 saturated carbocycles. The summed E-state index contributed by atoms with van der Waals surface area (Å²) in [5, 5.41) is 57.1. The van der Waals surface area contributed by atoms with E-state index in [4.69, 9.17) is 5.73 Å². The Labute approximate surface area is 218 Å². The molecule has 3 aliphatic rings. The number of hydrogen-bond acceptors (Lipinski definition) is 9. The summed E-state index contributed by atoms with van der Waals surface area (Å²) in [4.78, 5) is 41.0. The van der Waals surface area contributed by atoms with Gasteiger partial charge in [0.25, 0.3) is 0 Å². The predicted octanol–water partition coefficient (Wildman–Crippen LogP) is 0.461. The molecule has 7 atom stereocenters. The van der Waals surface area contributed by atoms with Crippen LogP contribution in [-0.2, 0) is 20.0 Å². The molecular weight excluding hydrogens is 492 g/mol. The first kappa shape index (κ1) is 26.1. The molecule has 2 unspecified atom stereocenters. The molecule has 10 nitrogen and oxygen atoms in total. The van der Waals surface area contributed by atoms with E-state index in [-0.39, 0.29) is 17.5 Å². The average Bonchev–Trinajstić information content (AvgIpc) is 2.84. The van der Waals surface area contributed by atoms with Crippen LogP contribution in [0.15, 0.2) is 48.0 Å². The molecule has 2 fully saturated rings. The van der Waals surface area contributed by atoms with Gasteiger partial charge >= 0.3 is 0 Å². The maximum atomic E-state index is 14.0. The van der Waals surface area contributed by atoms with Gasteiger partial charge < -0.3 is 31.3 Å². The van der Waals surface area contributed by atoms with Crippen LogP contribution in [-0.4, -0.2) is 79.7 Å². The van der Waals surface area contributed by atoms with Crippen molar-refractivity contribution in [2.45, 2.75) is 36.7 Å². The summed E-state index contributed by atoms with van der Waals surface area (Å²) in [6.45, 7) is 1.45. The van der Waals surface area contributed by atoms with Gasteiger partial charge in [-0.15, -0.1) is 0 Å². The standard InChI is InChI=1S/C28H30N2O8/c1-27(37)14-11-15-21(30(2)3)23(33)19(26(29)36)25(35)28(15,38)24(34)17(14)22(32)18-16(31)10-9-13(20(18)27)12-7-5-4-6-8-12/h4-10,14-15,19,21,25,31-32,35,37-38H,11H2,1-3H3,(H2,29,36)/t14-,15-,19?,21-,25?,27+,28-/m0/s1. The first-order valence-electron chi connectivity index (χ1n) is 12.3. The number of phenols is 1. The third-order valence-corrected chi connectivity index (χ3v) is 8.57. The lowest BCUT2D eigenvalue weighted by atomic mass is 9.51. The molecule has 7 N–H and O–H groups in total. The molecule has 0 heterocycles. The van der Waals surface area contributed by atoms with E-state index < -0.39 is 75.7 Å². The van der Waals surface area contributed by atoms with E-state index in [1.54, 1.807) is 30.3 Å². The molecule has 0 bridgehead atoms. The summed E-state index contributed by atoms with van der Waals surface area (Å²) in [6.07, 6.45) is -2.37. The molecule has 200 valence electrons. The molecule has 2 aromatic carbocycles. The molecule has 3 aliphatic carbocycles. The lowest BCUT2D eigenvalue weighted by Gasteiger charge is -2.56. The van der Waals surface area contributed by atoms with Crippen molar-refractivity contribution in [3.05, 3.63) is 59.2 Å². The highest BCUT2D eigenvalue weighted by molar-refractivity contribution is 6.14. The summed E-state index contributed by atoms with van der Waals surface area (Å²) >= 11 is 0. The molecule has 0 aliphatic heterocycles. The molecule has 10 heteroatoms. The maximum Gasteiger partial charge on any atom is 0.230 e. The van der Waals surface area contributed by atoms with Gasteiger partial charge in [-0.3, -0.25) is 19.3 Å². The molecule has 0 aromatic heterocycles. The number of primary amides is 1. The minimum atomic E-state index is -2.66. The third kappa shape index (κ3) is 3.24. The average molecular weight is 523 g/mol. The molecule has 1 amide bonds. The van der Waals surface area contributed by atoms with Gasteiger partial charge in [0.15, 0.2) is 17.2 Å². The van der Waals surface area contributed by atoms with Crippen molar-refractivity contribution in [1.29, 1.82) is 0 Å². The number of benzene rings is 2. The zero-order valence-corrected chi connectivity index (χ0v) is 21.1. The number of nitrogens with zero attached hydrogens (tertiary/aromatic N) is 1. The van der Waals surface area contributed by atoms with E-state index in [0.29, 0.717) is 11.1 Å². The highest BCUT2D eigenvalue weighted by Gasteiger charge is 2.69. The van der Waals surface area contributed by atoms with Crippen LogP contribution in [0.3, 0.4) is 0 Å². The fourth-order valence-electron chi connectivity index (χ4n) is 6.83. The van der Waals surface area contributed by atoms with Gasteiger partial charge in [-0.25, -0.2) is 0 Å². The van der Waals surface area contributed by atoms with Gasteiger partial charge in [0.2, 0.25) is 5.91 Å². The van der Waals surface area contributed by atoms with Crippen molar-refractivity contribution in [3.63, 3.8) is 0 Å². The van der Waals surface area contributed by atoms with Crippen molar-refractivity contribution >= 4 is 23.2 Å². The summed E-state index contributed by atoms with van der Waals surface area (Å²) in [5.74, 6) is -8.34. The number of fused-ring (bicyclic) bond motifs is 3. The first-order chi connectivity index (χ1) is 17.8. The lowest BCUT2D eigenvalue weighted by molar-refractivity contribution is -0.199. The van der Waals surface area contributed by atoms with Gasteiger partial charge in [0.1, 0.15) is 23.5 Å². The van der Waals surface area contributed by atoms with Crippen LogP contribution in [0.4, 0.5) is 0 Å². The number of hydrogen-bond donors (Lipinski definition) is 6. The molecule has 5 rings (SSSR count). The number of Topliss-reactive ketones (excluding diaryl/α,β-unsaturated/α-hetero) is 2. The third-order valence-electron chi connectivity index (χ3n) is 8.57. The largest absolute Gasteiger partial charge is 0.507 e. The van der Waals surface area contributed by atoms with Crippen LogP contribution in [0.5, 0.6) is 5.75 Å². The monoisotopic (exact) mass is 522 g/mol. The maximum absolute atomic E-state index is 14.0. The zero-order chi connectivity index (χ0) is 27.9. The van der Waals surface area contributed by atoms with E-state index >= 15 is 0 Å². The van der Waals surface area contributed by atoms with Gasteiger partial charge in [-0.2, -0.15) is 0 Å². The first-order valence-corrected chi connectivity index (χ1v) is 12.3. The van der Waals surface area contributed by atoms with E-state index in [0.717, 1.165) is 0 Å². The van der Waals surface area contributed by atoms with E-state index in [9.17, 15) is 39.9 Å². The van der Waals surface area contributed by atoms with Crippen LogP contribution in [0.2, 0.25) is 0 Å². The summed E-state index contributed by atoms with van der Waals surface area (Å²) < 4.78 is 0. The predicted molar refractivity (Wildman–Crippen MR) is 135 cm³/mol. The van der Waals surface area contributed by atoms with Crippen LogP contribution in [0, 0.1) is 17.8 Å². The number of phenolic OH excluding ortho intramolecular Hbond substituents is 1. The van der Waals surface area contributed by atoms with Crippen molar-refractivity contribution in [2.75, 3.05) is 14.1 Å². The number of carbonyl (C=O) groups excluding carboxylic acids is 3. The van der Waals surface area contributed by atoms with Crippen molar-refractivity contribution in [1.82, 2.24) is 4.90 Å². The van der Waals surface area contributed by atoms with Gasteiger partial charge in [-0.05, 0) is 44.6 Å². The van der Waals surface area contributed by atoms with Crippen molar-refractivity contribution < 1.29 is 39.9 Å². The number of aliphatic hydroxyl groups excluding tert-OH is 2. The molecule has 0 spiro atoms. The number of nitrogens with two attached hydrogens (primary N) is 1. The fourth-order valence-corrected chi connectivity index (χ4v) is 6.83. The fraction of sp³-hybridized carbons (Fsp3) is 0.393. The van der Waals surface area contributed by atoms with Gasteiger partial charge in [0, 0.05) is 23.0 Å². The minimum Gasteiger partial charge on any atom is -0.507 e. The topological polar surface area (TPSA) is 182 Å². The Kier molecular flexibility index (Phi) is 5.81. The van der Waals surface area contributed by atoms with Crippen LogP contribution in [0.25, 0.3) is 16.9 Å². The Morgan fingerprint density at radius 1 is 1.05 bits per heavy atom. The van der Waals surface area contributed by atoms with Crippen LogP contribution >= 0.6 is 0 Å². The Bertz CT molecular complexity index is 1400. The summed E-state index contributed by atoms with van der Waals surface area (Å²) in [7, 11) is 3.07. The normalized spacial score (nSPS) is 34.6. The molecule has 2 aromatic rings. The number of likely N-dealkylation sites (N-methyl/N-ethyl adjacent to an activating group) is 1. The van der Waals surface area contributed by atoms with Gasteiger partial charge in [-0.1, -0.05) is 36.4 Å². The SMILES string of the molecule is CN(C)[C@@H]1C(=O)C(C(N)=O)C(O)[C@@]2(O)C(=O)C3=C(O)c4c(O)ccc(-c5ccccc5)c4[C@](C)(O)[C@H]3C[C@@H]12. The second-order valence-electron chi connectivity index (χ2n) is 10.8. The van der Waals surface area contributed by atoms with Crippen LogP contribution in [0.1, 0.15) is 24.5 Å². The number of amides is 1. The highest BCUT2D eigenvalue weighted by Crippen LogP contribution is 2.58. The Morgan fingerprint density at radius 3 is 2.26 bits per heavy atom. The number of rotatable bonds is 3. The molecule has 0 radical (unpaired) electrons. The van der Waals surface area contributed by atoms with E-state index in [2.05, 4.69) is 0 Å². The van der Waals surface area contributed by atoms with Crippen LogP contribution < -0.4 is 5.73 Å².